The van der Waals surface area contributed by atoms with Crippen molar-refractivity contribution < 1.29 is 4.79 Å². The number of carbonyl (C=O) groups is 1. The van der Waals surface area contributed by atoms with Crippen molar-refractivity contribution >= 4 is 17.4 Å². The van der Waals surface area contributed by atoms with E-state index < -0.39 is 0 Å². The van der Waals surface area contributed by atoms with Gasteiger partial charge >= 0.3 is 0 Å². The summed E-state index contributed by atoms with van der Waals surface area (Å²) in [4.78, 5) is 12.2. The Morgan fingerprint density at radius 3 is 2.16 bits per heavy atom. The Balaban J connectivity index is 2.04. The Hall–Kier alpha value is -2.06. The molecule has 2 aromatic carbocycles. The van der Waals surface area contributed by atoms with E-state index in [1.807, 2.05) is 48.5 Å². The number of halogens is 1. The number of hydrogen-bond donors (Lipinski definition) is 1. The van der Waals surface area contributed by atoms with Gasteiger partial charge in [0.25, 0.3) is 0 Å². The summed E-state index contributed by atoms with van der Waals surface area (Å²) in [6, 6.07) is 18.9. The number of hydrogen-bond acceptors (Lipinski definition) is 2. The molecule has 0 radical (unpaired) electrons. The Kier molecular flexibility index (Phi) is 4.76. The third-order valence-electron chi connectivity index (χ3n) is 2.72. The van der Waals surface area contributed by atoms with Crippen LogP contribution in [0.25, 0.3) is 0 Å². The third-order valence-corrected chi connectivity index (χ3v) is 2.93. The Labute approximate surface area is 117 Å². The number of allylic oxidation sites excluding steroid dienone is 1. The van der Waals surface area contributed by atoms with Crippen LogP contribution in [0.2, 0.25) is 0 Å². The zero-order valence-corrected chi connectivity index (χ0v) is 11.1. The number of nitrogens with one attached hydrogen (secondary N) is 1. The van der Waals surface area contributed by atoms with Crippen molar-refractivity contribution in [2.75, 3.05) is 0 Å². The lowest BCUT2D eigenvalue weighted by atomic mass is 10.1. The summed E-state index contributed by atoms with van der Waals surface area (Å²) in [7, 11) is 0. The molecule has 0 aliphatic rings. The summed E-state index contributed by atoms with van der Waals surface area (Å²) in [5.74, 6) is -0.105. The first kappa shape index (κ1) is 13.4. The zero-order chi connectivity index (χ0) is 13.5. The molecule has 0 aromatic heterocycles. The molecule has 0 aliphatic heterocycles. The van der Waals surface area contributed by atoms with Crippen molar-refractivity contribution in [2.24, 2.45) is 0 Å². The van der Waals surface area contributed by atoms with Gasteiger partial charge in [-0.1, -0.05) is 72.3 Å². The minimum absolute atomic E-state index is 0.105. The van der Waals surface area contributed by atoms with Crippen LogP contribution in [0.3, 0.4) is 0 Å². The maximum atomic E-state index is 12.2. The van der Waals surface area contributed by atoms with Crippen LogP contribution in [0.4, 0.5) is 0 Å². The molecule has 0 heterocycles. The molecule has 2 nitrogen and oxygen atoms in total. The fourth-order valence-electron chi connectivity index (χ4n) is 1.71. The Morgan fingerprint density at radius 2 is 1.58 bits per heavy atom. The molecule has 3 heteroatoms. The maximum Gasteiger partial charge on any atom is 0.209 e. The van der Waals surface area contributed by atoms with E-state index in [-0.39, 0.29) is 5.78 Å². The second-order valence-electron chi connectivity index (χ2n) is 4.06. The van der Waals surface area contributed by atoms with E-state index in [1.165, 1.54) is 5.54 Å². The molecule has 0 spiro atoms. The van der Waals surface area contributed by atoms with E-state index >= 15 is 0 Å². The molecule has 0 unspecified atom stereocenters. The topological polar surface area (TPSA) is 29.1 Å². The largest absolute Gasteiger partial charge is 0.377 e. The second-order valence-corrected chi connectivity index (χ2v) is 4.28. The number of carbonyl (C=O) groups excluding carboxylic acids is 1. The van der Waals surface area contributed by atoms with E-state index in [0.29, 0.717) is 17.8 Å². The average Bonchev–Trinajstić information content (AvgIpc) is 2.49. The summed E-state index contributed by atoms with van der Waals surface area (Å²) in [6.45, 7) is 0.567. The van der Waals surface area contributed by atoms with Crippen molar-refractivity contribution in [3.05, 3.63) is 83.0 Å². The number of benzene rings is 2. The molecule has 2 aromatic rings. The quantitative estimate of drug-likeness (QED) is 0.663. The first-order valence-corrected chi connectivity index (χ1v) is 6.43. The molecule has 0 atom stereocenters. The summed E-state index contributed by atoms with van der Waals surface area (Å²) in [6.07, 6.45) is 0. The molecular formula is C16H14ClNO. The lowest BCUT2D eigenvalue weighted by Gasteiger charge is -2.09. The normalized spacial score (nSPS) is 11.1. The first-order chi connectivity index (χ1) is 9.31. The van der Waals surface area contributed by atoms with E-state index in [9.17, 15) is 4.79 Å². The van der Waals surface area contributed by atoms with E-state index in [1.54, 1.807) is 12.1 Å². The summed E-state index contributed by atoms with van der Waals surface area (Å²) in [5.41, 5.74) is 3.41. The van der Waals surface area contributed by atoms with Crippen molar-refractivity contribution in [2.45, 2.75) is 6.54 Å². The van der Waals surface area contributed by atoms with Crippen LogP contribution in [-0.4, -0.2) is 5.78 Å². The molecule has 0 amide bonds. The third kappa shape index (κ3) is 3.70. The van der Waals surface area contributed by atoms with Gasteiger partial charge in [-0.05, 0) is 5.56 Å². The van der Waals surface area contributed by atoms with Gasteiger partial charge in [-0.3, -0.25) is 4.79 Å². The van der Waals surface area contributed by atoms with Gasteiger partial charge < -0.3 is 5.32 Å². The van der Waals surface area contributed by atoms with Gasteiger partial charge in [-0.25, -0.2) is 0 Å². The van der Waals surface area contributed by atoms with Crippen molar-refractivity contribution in [3.63, 3.8) is 0 Å². The second kappa shape index (κ2) is 6.76. The van der Waals surface area contributed by atoms with Crippen LogP contribution < -0.4 is 5.32 Å². The highest BCUT2D eigenvalue weighted by molar-refractivity contribution is 6.28. The summed E-state index contributed by atoms with van der Waals surface area (Å²) < 4.78 is 0. The molecule has 0 fully saturated rings. The van der Waals surface area contributed by atoms with Gasteiger partial charge in [0.15, 0.2) is 0 Å². The molecule has 1 N–H and O–H groups in total. The van der Waals surface area contributed by atoms with Crippen LogP contribution in [0.5, 0.6) is 0 Å². The standard InChI is InChI=1S/C16H14ClNO/c17-11-15(16(19)14-9-5-2-6-10-14)18-12-13-7-3-1-4-8-13/h1-11,18H,12H2. The molecular weight excluding hydrogens is 258 g/mol. The van der Waals surface area contributed by atoms with Gasteiger partial charge in [-0.15, -0.1) is 0 Å². The van der Waals surface area contributed by atoms with Crippen LogP contribution in [0, 0.1) is 0 Å². The van der Waals surface area contributed by atoms with Gasteiger partial charge in [0.2, 0.25) is 5.78 Å². The lowest BCUT2D eigenvalue weighted by molar-refractivity contribution is 0.102. The molecule has 2 rings (SSSR count). The lowest BCUT2D eigenvalue weighted by Crippen LogP contribution is -2.20. The Bertz CT molecular complexity index is 564. The molecule has 0 saturated carbocycles. The average molecular weight is 272 g/mol. The number of Topliss-reactive ketones (excluding diaryl/α,β-unsaturated/α-hetero) is 1. The first-order valence-electron chi connectivity index (χ1n) is 5.99. The van der Waals surface area contributed by atoms with Crippen LogP contribution >= 0.6 is 11.6 Å². The van der Waals surface area contributed by atoms with Gasteiger partial charge in [0.05, 0.1) is 5.70 Å². The van der Waals surface area contributed by atoms with Crippen LogP contribution in [0.15, 0.2) is 71.9 Å². The fraction of sp³-hybridized carbons (Fsp3) is 0.0625. The highest BCUT2D eigenvalue weighted by atomic mass is 35.5. The minimum Gasteiger partial charge on any atom is -0.377 e. The van der Waals surface area contributed by atoms with Gasteiger partial charge in [-0.2, -0.15) is 0 Å². The highest BCUT2D eigenvalue weighted by Gasteiger charge is 2.10. The zero-order valence-electron chi connectivity index (χ0n) is 10.3. The maximum absolute atomic E-state index is 12.2. The Morgan fingerprint density at radius 1 is 1.00 bits per heavy atom. The molecule has 0 aliphatic carbocycles. The SMILES string of the molecule is O=C(C(=CCl)NCc1ccccc1)c1ccccc1. The predicted molar refractivity (Wildman–Crippen MR) is 78.0 cm³/mol. The minimum atomic E-state index is -0.105. The summed E-state index contributed by atoms with van der Waals surface area (Å²) >= 11 is 5.73. The van der Waals surface area contributed by atoms with E-state index in [0.717, 1.165) is 5.56 Å². The molecule has 0 saturated heterocycles. The molecule has 19 heavy (non-hydrogen) atoms. The molecule has 96 valence electrons. The van der Waals surface area contributed by atoms with Crippen LogP contribution in [0.1, 0.15) is 15.9 Å². The van der Waals surface area contributed by atoms with Crippen molar-refractivity contribution in [3.8, 4) is 0 Å². The van der Waals surface area contributed by atoms with Gasteiger partial charge in [0, 0.05) is 17.6 Å². The van der Waals surface area contributed by atoms with E-state index in [4.69, 9.17) is 11.6 Å². The smallest absolute Gasteiger partial charge is 0.209 e. The number of ketones is 1. The van der Waals surface area contributed by atoms with Gasteiger partial charge in [0.1, 0.15) is 0 Å². The fourth-order valence-corrected chi connectivity index (χ4v) is 1.88. The van der Waals surface area contributed by atoms with Crippen molar-refractivity contribution in [1.82, 2.24) is 5.32 Å². The van der Waals surface area contributed by atoms with Crippen molar-refractivity contribution in [1.29, 1.82) is 0 Å². The summed E-state index contributed by atoms with van der Waals surface area (Å²) in [5, 5.41) is 3.06. The number of rotatable bonds is 5. The van der Waals surface area contributed by atoms with Crippen LogP contribution in [-0.2, 0) is 6.54 Å². The molecule has 0 bridgehead atoms. The monoisotopic (exact) mass is 271 g/mol. The highest BCUT2D eigenvalue weighted by Crippen LogP contribution is 2.08. The van der Waals surface area contributed by atoms with E-state index in [2.05, 4.69) is 5.32 Å². The predicted octanol–water partition coefficient (Wildman–Crippen LogP) is 3.74.